The van der Waals surface area contributed by atoms with Gasteiger partial charge < -0.3 is 14.8 Å². The van der Waals surface area contributed by atoms with E-state index in [9.17, 15) is 9.59 Å². The smallest absolute Gasteiger partial charge is 0.283 e. The first-order chi connectivity index (χ1) is 15.5. The van der Waals surface area contributed by atoms with E-state index in [0.29, 0.717) is 22.3 Å². The number of nitrogens with zero attached hydrogens (tertiary/aromatic N) is 2. The van der Waals surface area contributed by atoms with Gasteiger partial charge in [-0.3, -0.25) is 14.5 Å². The van der Waals surface area contributed by atoms with Crippen LogP contribution in [0.25, 0.3) is 6.08 Å². The van der Waals surface area contributed by atoms with Crippen LogP contribution in [0, 0.1) is 0 Å². The van der Waals surface area contributed by atoms with Crippen molar-refractivity contribution in [3.63, 3.8) is 0 Å². The molecule has 2 aromatic rings. The van der Waals surface area contributed by atoms with Crippen LogP contribution in [-0.4, -0.2) is 42.5 Å². The van der Waals surface area contributed by atoms with Gasteiger partial charge in [-0.2, -0.15) is 0 Å². The lowest BCUT2D eigenvalue weighted by Crippen LogP contribution is -2.36. The van der Waals surface area contributed by atoms with Gasteiger partial charge in [-0.05, 0) is 55.7 Å². The number of rotatable bonds is 7. The van der Waals surface area contributed by atoms with Crippen molar-refractivity contribution in [2.75, 3.05) is 19.1 Å². The van der Waals surface area contributed by atoms with Gasteiger partial charge in [-0.15, -0.1) is 0 Å². The van der Waals surface area contributed by atoms with Gasteiger partial charge in [0.2, 0.25) is 5.91 Å². The Morgan fingerprint density at radius 1 is 1.16 bits per heavy atom. The maximum atomic E-state index is 13.3. The molecule has 32 heavy (non-hydrogen) atoms. The molecule has 8 heteroatoms. The van der Waals surface area contributed by atoms with E-state index >= 15 is 0 Å². The minimum absolute atomic E-state index is 0.0502. The molecule has 1 aliphatic carbocycles. The van der Waals surface area contributed by atoms with Crippen molar-refractivity contribution < 1.29 is 19.1 Å². The average Bonchev–Trinajstić information content (AvgIpc) is 3.57. The fourth-order valence-electron chi connectivity index (χ4n) is 3.17. The van der Waals surface area contributed by atoms with Crippen molar-refractivity contribution in [1.82, 2.24) is 5.32 Å². The monoisotopic (exact) mass is 451 g/mol. The molecule has 1 atom stereocenters. The summed E-state index contributed by atoms with van der Waals surface area (Å²) in [6, 6.07) is 14.9. The van der Waals surface area contributed by atoms with Crippen molar-refractivity contribution in [2.24, 2.45) is 4.99 Å². The third-order valence-corrected chi connectivity index (χ3v) is 6.19. The second-order valence-corrected chi connectivity index (χ2v) is 8.89. The second-order valence-electron chi connectivity index (χ2n) is 7.58. The zero-order chi connectivity index (χ0) is 22.7. The van der Waals surface area contributed by atoms with Gasteiger partial charge in [-0.25, -0.2) is 4.99 Å². The molecule has 2 aromatic carbocycles. The quantitative estimate of drug-likeness (QED) is 0.647. The van der Waals surface area contributed by atoms with Crippen molar-refractivity contribution in [1.29, 1.82) is 0 Å². The lowest BCUT2D eigenvalue weighted by molar-refractivity contribution is -0.120. The van der Waals surface area contributed by atoms with E-state index in [0.717, 1.165) is 24.2 Å². The molecule has 1 fully saturated rings. The maximum absolute atomic E-state index is 13.3. The number of nitrogens with one attached hydrogen (secondary N) is 1. The Morgan fingerprint density at radius 2 is 1.88 bits per heavy atom. The number of amidine groups is 1. The summed E-state index contributed by atoms with van der Waals surface area (Å²) in [4.78, 5) is 32.0. The highest BCUT2D eigenvalue weighted by Gasteiger charge is 2.35. The highest BCUT2D eigenvalue weighted by atomic mass is 32.2. The molecule has 2 amide bonds. The highest BCUT2D eigenvalue weighted by molar-refractivity contribution is 8.15. The Labute approximate surface area is 191 Å². The molecule has 0 aromatic heterocycles. The summed E-state index contributed by atoms with van der Waals surface area (Å²) in [5.41, 5.74) is 1.76. The topological polar surface area (TPSA) is 80.2 Å². The SMILES string of the molecule is COc1ccc(/C=C2\N=C(SC(C)C(=O)NC3CC3)N(c3cccc(OC)c3)C2=O)cc1. The summed E-state index contributed by atoms with van der Waals surface area (Å²) < 4.78 is 10.5. The molecular formula is C24H25N3O4S. The minimum atomic E-state index is -0.393. The number of methoxy groups -OCH3 is 2. The van der Waals surface area contributed by atoms with Crippen LogP contribution < -0.4 is 19.7 Å². The first kappa shape index (κ1) is 22.0. The van der Waals surface area contributed by atoms with Gasteiger partial charge in [0.15, 0.2) is 5.17 Å². The molecule has 7 nitrogen and oxygen atoms in total. The maximum Gasteiger partial charge on any atom is 0.283 e. The van der Waals surface area contributed by atoms with E-state index in [1.165, 1.54) is 16.7 Å². The largest absolute Gasteiger partial charge is 0.497 e. The fraction of sp³-hybridized carbons (Fsp3) is 0.292. The molecule has 166 valence electrons. The summed E-state index contributed by atoms with van der Waals surface area (Å²) in [6.45, 7) is 1.82. The highest BCUT2D eigenvalue weighted by Crippen LogP contribution is 2.33. The van der Waals surface area contributed by atoms with Crippen LogP contribution in [0.5, 0.6) is 11.5 Å². The van der Waals surface area contributed by atoms with Gasteiger partial charge in [0.1, 0.15) is 17.2 Å². The molecule has 1 N–H and O–H groups in total. The predicted molar refractivity (Wildman–Crippen MR) is 127 cm³/mol. The molecule has 1 saturated carbocycles. The lowest BCUT2D eigenvalue weighted by atomic mass is 10.2. The third kappa shape index (κ3) is 4.96. The number of ether oxygens (including phenoxy) is 2. The standard InChI is InChI=1S/C24H25N3O4S/c1-15(22(28)25-17-9-10-17)32-24-26-21(13-16-7-11-19(30-2)12-8-16)23(29)27(24)18-5-4-6-20(14-18)31-3/h4-8,11-15,17H,9-10H2,1-3H3,(H,25,28)/b21-13-. The summed E-state index contributed by atoms with van der Waals surface area (Å²) in [7, 11) is 3.18. The molecule has 0 spiro atoms. The van der Waals surface area contributed by atoms with Gasteiger partial charge in [0, 0.05) is 12.1 Å². The minimum Gasteiger partial charge on any atom is -0.497 e. The number of carbonyl (C=O) groups excluding carboxylic acids is 2. The Morgan fingerprint density at radius 3 is 2.53 bits per heavy atom. The van der Waals surface area contributed by atoms with Crippen LogP contribution in [0.15, 0.2) is 59.2 Å². The van der Waals surface area contributed by atoms with Crippen LogP contribution >= 0.6 is 11.8 Å². The summed E-state index contributed by atoms with van der Waals surface area (Å²) in [5.74, 6) is 1.06. The molecular weight excluding hydrogens is 426 g/mol. The number of aliphatic imine (C=N–C) groups is 1. The molecule has 4 rings (SSSR count). The Balaban J connectivity index is 1.64. The molecule has 0 bridgehead atoms. The first-order valence-electron chi connectivity index (χ1n) is 10.4. The second kappa shape index (κ2) is 9.48. The Hall–Kier alpha value is -3.26. The number of thioether (sulfide) groups is 1. The number of hydrogen-bond donors (Lipinski definition) is 1. The number of hydrogen-bond acceptors (Lipinski definition) is 6. The number of amides is 2. The predicted octanol–water partition coefficient (Wildman–Crippen LogP) is 3.85. The van der Waals surface area contributed by atoms with Crippen molar-refractivity contribution in [3.05, 3.63) is 59.8 Å². The molecule has 1 heterocycles. The molecule has 0 radical (unpaired) electrons. The number of benzene rings is 2. The van der Waals surface area contributed by atoms with E-state index in [-0.39, 0.29) is 17.9 Å². The lowest BCUT2D eigenvalue weighted by Gasteiger charge is -2.20. The summed E-state index contributed by atoms with van der Waals surface area (Å²) in [5, 5.41) is 3.08. The third-order valence-electron chi connectivity index (χ3n) is 5.14. The molecule has 1 unspecified atom stereocenters. The van der Waals surface area contributed by atoms with Gasteiger partial charge >= 0.3 is 0 Å². The zero-order valence-electron chi connectivity index (χ0n) is 18.2. The van der Waals surface area contributed by atoms with E-state index in [2.05, 4.69) is 10.3 Å². The normalized spacial score (nSPS) is 17.8. The number of anilines is 1. The zero-order valence-corrected chi connectivity index (χ0v) is 19.0. The first-order valence-corrected chi connectivity index (χ1v) is 11.3. The molecule has 1 aliphatic heterocycles. The van der Waals surface area contributed by atoms with Gasteiger partial charge in [-0.1, -0.05) is 30.0 Å². The van der Waals surface area contributed by atoms with Crippen LogP contribution in [0.1, 0.15) is 25.3 Å². The van der Waals surface area contributed by atoms with Crippen LogP contribution in [0.3, 0.4) is 0 Å². The van der Waals surface area contributed by atoms with E-state index < -0.39 is 5.25 Å². The fourth-order valence-corrected chi connectivity index (χ4v) is 4.10. The van der Waals surface area contributed by atoms with E-state index in [4.69, 9.17) is 9.47 Å². The molecule has 0 saturated heterocycles. The average molecular weight is 452 g/mol. The van der Waals surface area contributed by atoms with Gasteiger partial charge in [0.05, 0.1) is 25.2 Å². The number of carbonyl (C=O) groups is 2. The Kier molecular flexibility index (Phi) is 6.50. The van der Waals surface area contributed by atoms with E-state index in [1.807, 2.05) is 49.4 Å². The van der Waals surface area contributed by atoms with Crippen LogP contribution in [0.2, 0.25) is 0 Å². The van der Waals surface area contributed by atoms with Crippen molar-refractivity contribution >= 4 is 40.5 Å². The van der Waals surface area contributed by atoms with Gasteiger partial charge in [0.25, 0.3) is 5.91 Å². The Bertz CT molecular complexity index is 1080. The summed E-state index contributed by atoms with van der Waals surface area (Å²) in [6.07, 6.45) is 3.78. The van der Waals surface area contributed by atoms with Crippen molar-refractivity contribution in [3.8, 4) is 11.5 Å². The van der Waals surface area contributed by atoms with Crippen molar-refractivity contribution in [2.45, 2.75) is 31.1 Å². The van der Waals surface area contributed by atoms with Crippen LogP contribution in [-0.2, 0) is 9.59 Å². The van der Waals surface area contributed by atoms with Crippen LogP contribution in [0.4, 0.5) is 5.69 Å². The summed E-state index contributed by atoms with van der Waals surface area (Å²) >= 11 is 1.27. The molecule has 2 aliphatic rings. The van der Waals surface area contributed by atoms with E-state index in [1.54, 1.807) is 26.4 Å².